The molecule has 0 aliphatic heterocycles. The first-order valence-corrected chi connectivity index (χ1v) is 8.61. The van der Waals surface area contributed by atoms with Crippen molar-refractivity contribution in [3.8, 4) is 5.75 Å². The number of aryl methyl sites for hydroxylation is 1. The third-order valence-corrected chi connectivity index (χ3v) is 4.49. The normalized spacial score (nSPS) is 15.8. The lowest BCUT2D eigenvalue weighted by Crippen LogP contribution is -2.11. The highest BCUT2D eigenvalue weighted by Crippen LogP contribution is 2.44. The van der Waals surface area contributed by atoms with Gasteiger partial charge >= 0.3 is 5.97 Å². The molecule has 0 heterocycles. The molecule has 142 valence electrons. The molecular weight excluding hydrogens is 357 g/mol. The molecule has 0 aromatic heterocycles. The van der Waals surface area contributed by atoms with Gasteiger partial charge in [0.25, 0.3) is 5.92 Å². The van der Waals surface area contributed by atoms with E-state index < -0.39 is 17.7 Å². The van der Waals surface area contributed by atoms with E-state index in [9.17, 15) is 18.0 Å². The first kappa shape index (κ1) is 19.0. The molecule has 3 rings (SSSR count). The van der Waals surface area contributed by atoms with Crippen LogP contribution in [0.15, 0.2) is 54.1 Å². The minimum absolute atomic E-state index is 0.0246. The molecule has 0 radical (unpaired) electrons. The van der Waals surface area contributed by atoms with Gasteiger partial charge in [0.15, 0.2) is 0 Å². The predicted octanol–water partition coefficient (Wildman–Crippen LogP) is 5.10. The van der Waals surface area contributed by atoms with Crippen molar-refractivity contribution in [1.82, 2.24) is 0 Å². The van der Waals surface area contributed by atoms with Crippen molar-refractivity contribution in [2.45, 2.75) is 31.6 Å². The zero-order chi connectivity index (χ0) is 19.4. The highest BCUT2D eigenvalue weighted by Gasteiger charge is 2.39. The van der Waals surface area contributed by atoms with Crippen molar-refractivity contribution in [2.75, 3.05) is 6.61 Å². The maximum Gasteiger partial charge on any atom is 0.303 e. The van der Waals surface area contributed by atoms with Crippen molar-refractivity contribution in [3.05, 3.63) is 71.0 Å². The number of carboxylic acid groups (broad SMARTS) is 1. The van der Waals surface area contributed by atoms with Crippen molar-refractivity contribution in [1.29, 1.82) is 0 Å². The highest BCUT2D eigenvalue weighted by atomic mass is 19.3. The summed E-state index contributed by atoms with van der Waals surface area (Å²) in [5.74, 6) is -3.58. The fraction of sp³-hybridized carbons (Fsp3) is 0.286. The molecule has 0 atom stereocenters. The van der Waals surface area contributed by atoms with E-state index in [4.69, 9.17) is 9.84 Å². The van der Waals surface area contributed by atoms with Crippen LogP contribution in [0.2, 0.25) is 0 Å². The molecule has 0 amide bonds. The number of ether oxygens (including phenoxy) is 1. The molecule has 0 saturated heterocycles. The summed E-state index contributed by atoms with van der Waals surface area (Å²) >= 11 is 0. The fourth-order valence-electron chi connectivity index (χ4n) is 3.13. The van der Waals surface area contributed by atoms with Crippen LogP contribution in [0.4, 0.5) is 13.2 Å². The number of hydrogen-bond donors (Lipinski definition) is 1. The Morgan fingerprint density at radius 2 is 1.70 bits per heavy atom. The molecule has 0 bridgehead atoms. The number of allylic oxidation sites excluding steroid dienone is 1. The molecule has 6 heteroatoms. The molecule has 3 nitrogen and oxygen atoms in total. The van der Waals surface area contributed by atoms with Crippen LogP contribution in [0.25, 0.3) is 5.57 Å². The molecule has 0 spiro atoms. The van der Waals surface area contributed by atoms with Gasteiger partial charge in [-0.25, -0.2) is 13.2 Å². The number of benzene rings is 2. The predicted molar refractivity (Wildman–Crippen MR) is 95.4 cm³/mol. The molecule has 2 aromatic rings. The van der Waals surface area contributed by atoms with Crippen LogP contribution in [0.3, 0.4) is 0 Å². The Morgan fingerprint density at radius 1 is 1.04 bits per heavy atom. The van der Waals surface area contributed by atoms with Gasteiger partial charge in [-0.15, -0.1) is 0 Å². The van der Waals surface area contributed by atoms with Gasteiger partial charge in [0, 0.05) is 19.3 Å². The van der Waals surface area contributed by atoms with Crippen LogP contribution < -0.4 is 4.74 Å². The van der Waals surface area contributed by atoms with Crippen LogP contribution in [0.5, 0.6) is 5.75 Å². The van der Waals surface area contributed by atoms with Crippen LogP contribution >= 0.6 is 0 Å². The molecule has 0 saturated carbocycles. The van der Waals surface area contributed by atoms with Gasteiger partial charge in [0.1, 0.15) is 18.2 Å². The number of carboxylic acids is 1. The average Bonchev–Trinajstić information content (AvgIpc) is 2.94. The Labute approximate surface area is 155 Å². The van der Waals surface area contributed by atoms with Gasteiger partial charge in [-0.05, 0) is 53.0 Å². The smallest absolute Gasteiger partial charge is 0.303 e. The lowest BCUT2D eigenvalue weighted by Gasteiger charge is -2.10. The summed E-state index contributed by atoms with van der Waals surface area (Å²) in [6, 6.07) is 12.4. The Hall–Kier alpha value is -2.76. The van der Waals surface area contributed by atoms with Crippen molar-refractivity contribution in [2.24, 2.45) is 0 Å². The quantitative estimate of drug-likeness (QED) is 0.731. The second-order valence-electron chi connectivity index (χ2n) is 6.62. The number of halogens is 3. The van der Waals surface area contributed by atoms with E-state index in [0.29, 0.717) is 28.9 Å². The van der Waals surface area contributed by atoms with Gasteiger partial charge in [0.05, 0.1) is 0 Å². The summed E-state index contributed by atoms with van der Waals surface area (Å²) in [5, 5.41) is 8.70. The summed E-state index contributed by atoms with van der Waals surface area (Å²) in [6.07, 6.45) is -0.299. The Balaban J connectivity index is 1.69. The lowest BCUT2D eigenvalue weighted by atomic mass is 10.0. The molecule has 1 aliphatic carbocycles. The SMILES string of the molecule is O=C(O)CCc1ccc(OCC2=C(c3ccc(F)cc3)CC(F)(F)C2)cc1. The van der Waals surface area contributed by atoms with Crippen LogP contribution in [0, 0.1) is 5.82 Å². The van der Waals surface area contributed by atoms with Crippen molar-refractivity contribution >= 4 is 11.5 Å². The van der Waals surface area contributed by atoms with Crippen molar-refractivity contribution in [3.63, 3.8) is 0 Å². The number of carbonyl (C=O) groups is 1. The van der Waals surface area contributed by atoms with E-state index in [-0.39, 0.29) is 25.9 Å². The molecule has 27 heavy (non-hydrogen) atoms. The number of rotatable bonds is 7. The highest BCUT2D eigenvalue weighted by molar-refractivity contribution is 5.72. The molecule has 2 aromatic carbocycles. The minimum atomic E-state index is -2.83. The number of alkyl halides is 2. The fourth-order valence-corrected chi connectivity index (χ4v) is 3.13. The monoisotopic (exact) mass is 376 g/mol. The molecule has 0 fully saturated rings. The number of aliphatic carboxylic acids is 1. The maximum absolute atomic E-state index is 13.9. The second-order valence-corrected chi connectivity index (χ2v) is 6.62. The standard InChI is InChI=1S/C21H19F3O3/c22-17-6-4-15(5-7-17)19-12-21(23,24)11-16(19)13-27-18-8-1-14(2-9-18)3-10-20(25)26/h1-2,4-9H,3,10-13H2,(H,25,26). The van der Waals surface area contributed by atoms with E-state index >= 15 is 0 Å². The Kier molecular flexibility index (Phi) is 5.54. The summed E-state index contributed by atoms with van der Waals surface area (Å²) < 4.78 is 46.6. The summed E-state index contributed by atoms with van der Waals surface area (Å²) in [7, 11) is 0. The van der Waals surface area contributed by atoms with Gasteiger partial charge in [-0.3, -0.25) is 4.79 Å². The van der Waals surface area contributed by atoms with Gasteiger partial charge in [-0.1, -0.05) is 24.3 Å². The zero-order valence-electron chi connectivity index (χ0n) is 14.6. The Bertz CT molecular complexity index is 840. The van der Waals surface area contributed by atoms with Gasteiger partial charge < -0.3 is 9.84 Å². The van der Waals surface area contributed by atoms with E-state index in [2.05, 4.69) is 0 Å². The van der Waals surface area contributed by atoms with E-state index in [0.717, 1.165) is 5.56 Å². The van der Waals surface area contributed by atoms with Gasteiger partial charge in [0.2, 0.25) is 0 Å². The summed E-state index contributed by atoms with van der Waals surface area (Å²) in [5.41, 5.74) is 2.44. The molecule has 1 N–H and O–H groups in total. The minimum Gasteiger partial charge on any atom is -0.489 e. The number of hydrogen-bond acceptors (Lipinski definition) is 2. The first-order chi connectivity index (χ1) is 12.8. The topological polar surface area (TPSA) is 46.5 Å². The average molecular weight is 376 g/mol. The largest absolute Gasteiger partial charge is 0.489 e. The van der Waals surface area contributed by atoms with E-state index in [1.165, 1.54) is 24.3 Å². The van der Waals surface area contributed by atoms with E-state index in [1.54, 1.807) is 24.3 Å². The van der Waals surface area contributed by atoms with Crippen molar-refractivity contribution < 1.29 is 27.8 Å². The summed E-state index contributed by atoms with van der Waals surface area (Å²) in [6.45, 7) is 0.0246. The third kappa shape index (κ3) is 5.12. The van der Waals surface area contributed by atoms with Gasteiger partial charge in [-0.2, -0.15) is 0 Å². The zero-order valence-corrected chi connectivity index (χ0v) is 14.6. The molecular formula is C21H19F3O3. The van der Waals surface area contributed by atoms with E-state index in [1.807, 2.05) is 0 Å². The lowest BCUT2D eigenvalue weighted by molar-refractivity contribution is -0.136. The van der Waals surface area contributed by atoms with Crippen LogP contribution in [0.1, 0.15) is 30.4 Å². The third-order valence-electron chi connectivity index (χ3n) is 4.49. The molecule has 1 aliphatic rings. The van der Waals surface area contributed by atoms with Crippen LogP contribution in [-0.2, 0) is 11.2 Å². The molecule has 0 unspecified atom stereocenters. The first-order valence-electron chi connectivity index (χ1n) is 8.61. The maximum atomic E-state index is 13.9. The summed E-state index contributed by atoms with van der Waals surface area (Å²) in [4.78, 5) is 10.6. The van der Waals surface area contributed by atoms with Crippen LogP contribution in [-0.4, -0.2) is 23.6 Å². The second kappa shape index (κ2) is 7.86. The Morgan fingerprint density at radius 3 is 2.33 bits per heavy atom.